The second kappa shape index (κ2) is 8.14. The van der Waals surface area contributed by atoms with Crippen LogP contribution in [0.4, 0.5) is 13.2 Å². The van der Waals surface area contributed by atoms with Crippen LogP contribution in [0.1, 0.15) is 34.7 Å². The van der Waals surface area contributed by atoms with Crippen molar-refractivity contribution in [1.29, 1.82) is 0 Å². The zero-order valence-corrected chi connectivity index (χ0v) is 17.8. The van der Waals surface area contributed by atoms with Gasteiger partial charge in [0.25, 0.3) is 5.91 Å². The van der Waals surface area contributed by atoms with E-state index in [4.69, 9.17) is 0 Å². The third kappa shape index (κ3) is 4.46. The van der Waals surface area contributed by atoms with Gasteiger partial charge in [-0.05, 0) is 30.7 Å². The summed E-state index contributed by atoms with van der Waals surface area (Å²) in [7, 11) is 0. The van der Waals surface area contributed by atoms with Crippen molar-refractivity contribution >= 4 is 27.5 Å². The first-order chi connectivity index (χ1) is 14.7. The molecule has 0 aliphatic carbocycles. The second-order valence-corrected chi connectivity index (χ2v) is 7.85. The summed E-state index contributed by atoms with van der Waals surface area (Å²) >= 11 is 3.30. The fraction of sp³-hybridized carbons (Fsp3) is 0.136. The molecule has 5 nitrogen and oxygen atoms in total. The van der Waals surface area contributed by atoms with Gasteiger partial charge in [0.15, 0.2) is 17.0 Å². The fourth-order valence-electron chi connectivity index (χ4n) is 3.15. The van der Waals surface area contributed by atoms with Gasteiger partial charge in [0, 0.05) is 16.1 Å². The average Bonchev–Trinajstić information content (AvgIpc) is 3.17. The third-order valence-corrected chi connectivity index (χ3v) is 5.27. The topological polar surface area (TPSA) is 59.3 Å². The molecule has 0 unspecified atom stereocenters. The van der Waals surface area contributed by atoms with Gasteiger partial charge in [-0.2, -0.15) is 18.3 Å². The Balaban J connectivity index is 1.73. The van der Waals surface area contributed by atoms with E-state index in [1.165, 1.54) is 6.07 Å². The Labute approximate surface area is 184 Å². The number of aromatic nitrogens is 3. The number of nitrogens with zero attached hydrogens (tertiary/aromatic N) is 3. The number of nitrogens with one attached hydrogen (secondary N) is 1. The van der Waals surface area contributed by atoms with Crippen LogP contribution in [0.3, 0.4) is 0 Å². The van der Waals surface area contributed by atoms with E-state index in [0.717, 1.165) is 16.1 Å². The molecule has 31 heavy (non-hydrogen) atoms. The van der Waals surface area contributed by atoms with Gasteiger partial charge >= 0.3 is 6.18 Å². The summed E-state index contributed by atoms with van der Waals surface area (Å²) in [5, 5.41) is 6.64. The molecule has 0 saturated carbocycles. The van der Waals surface area contributed by atoms with E-state index in [9.17, 15) is 18.0 Å². The van der Waals surface area contributed by atoms with Crippen LogP contribution in [0.15, 0.2) is 71.2 Å². The number of rotatable bonds is 4. The van der Waals surface area contributed by atoms with E-state index in [-0.39, 0.29) is 23.1 Å². The van der Waals surface area contributed by atoms with Gasteiger partial charge in [-0.3, -0.25) is 4.79 Å². The van der Waals surface area contributed by atoms with Crippen molar-refractivity contribution in [2.75, 3.05) is 0 Å². The van der Waals surface area contributed by atoms with Gasteiger partial charge in [-0.15, -0.1) is 0 Å². The molecule has 4 aromatic rings. The number of amides is 1. The van der Waals surface area contributed by atoms with Crippen molar-refractivity contribution in [2.24, 2.45) is 0 Å². The van der Waals surface area contributed by atoms with Crippen LogP contribution in [-0.2, 0) is 6.18 Å². The first-order valence-electron chi connectivity index (χ1n) is 9.32. The van der Waals surface area contributed by atoms with Crippen molar-refractivity contribution in [3.8, 4) is 11.3 Å². The van der Waals surface area contributed by atoms with Crippen LogP contribution in [0.2, 0.25) is 0 Å². The lowest BCUT2D eigenvalue weighted by atomic mass is 10.1. The molecule has 2 aromatic carbocycles. The highest BCUT2D eigenvalue weighted by Gasteiger charge is 2.35. The Morgan fingerprint density at radius 3 is 2.39 bits per heavy atom. The molecule has 0 radical (unpaired) electrons. The van der Waals surface area contributed by atoms with Crippen LogP contribution in [0.25, 0.3) is 16.9 Å². The Hall–Kier alpha value is -3.20. The maximum atomic E-state index is 13.7. The summed E-state index contributed by atoms with van der Waals surface area (Å²) in [4.78, 5) is 16.9. The molecule has 0 fully saturated rings. The molecule has 1 atom stereocenters. The molecule has 2 heterocycles. The molecular formula is C22H16BrF3N4O. The Bertz CT molecular complexity index is 1240. The van der Waals surface area contributed by atoms with E-state index in [1.54, 1.807) is 31.2 Å². The van der Waals surface area contributed by atoms with Crippen molar-refractivity contribution in [1.82, 2.24) is 19.9 Å². The summed E-state index contributed by atoms with van der Waals surface area (Å²) in [6.45, 7) is 1.79. The highest BCUT2D eigenvalue weighted by molar-refractivity contribution is 9.10. The predicted octanol–water partition coefficient (Wildman–Crippen LogP) is 5.67. The summed E-state index contributed by atoms with van der Waals surface area (Å²) in [6.07, 6.45) is -4.68. The molecule has 0 saturated heterocycles. The molecule has 9 heteroatoms. The van der Waals surface area contributed by atoms with Gasteiger partial charge in [-0.25, -0.2) is 9.50 Å². The van der Waals surface area contributed by atoms with E-state index >= 15 is 0 Å². The minimum Gasteiger partial charge on any atom is -0.344 e. The molecule has 2 aromatic heterocycles. The van der Waals surface area contributed by atoms with Crippen molar-refractivity contribution in [3.05, 3.63) is 88.2 Å². The van der Waals surface area contributed by atoms with E-state index < -0.39 is 17.8 Å². The smallest absolute Gasteiger partial charge is 0.344 e. The Morgan fingerprint density at radius 2 is 1.74 bits per heavy atom. The SMILES string of the molecule is C[C@@H](NC(=O)c1cc2nc(-c3ccc(Br)cc3)cc(C(F)(F)F)n2n1)c1ccccc1. The van der Waals surface area contributed by atoms with Crippen LogP contribution in [0, 0.1) is 0 Å². The molecule has 0 bridgehead atoms. The lowest BCUT2D eigenvalue weighted by Gasteiger charge is -2.13. The van der Waals surface area contributed by atoms with E-state index in [2.05, 4.69) is 31.3 Å². The maximum absolute atomic E-state index is 13.7. The average molecular weight is 489 g/mol. The number of alkyl halides is 3. The summed E-state index contributed by atoms with van der Waals surface area (Å²) in [5.74, 6) is -0.583. The number of carbonyl (C=O) groups excluding carboxylic acids is 1. The number of benzene rings is 2. The zero-order valence-electron chi connectivity index (χ0n) is 16.2. The third-order valence-electron chi connectivity index (χ3n) is 4.74. The molecule has 158 valence electrons. The van der Waals surface area contributed by atoms with Gasteiger partial charge in [0.05, 0.1) is 11.7 Å². The first-order valence-corrected chi connectivity index (χ1v) is 10.1. The van der Waals surface area contributed by atoms with Gasteiger partial charge < -0.3 is 5.32 Å². The van der Waals surface area contributed by atoms with Crippen LogP contribution >= 0.6 is 15.9 Å². The van der Waals surface area contributed by atoms with Gasteiger partial charge in [0.1, 0.15) is 0 Å². The molecule has 1 amide bonds. The van der Waals surface area contributed by atoms with Crippen LogP contribution in [-0.4, -0.2) is 20.5 Å². The maximum Gasteiger partial charge on any atom is 0.433 e. The molecule has 0 aliphatic heterocycles. The van der Waals surface area contributed by atoms with Crippen molar-refractivity contribution < 1.29 is 18.0 Å². The lowest BCUT2D eigenvalue weighted by molar-refractivity contribution is -0.142. The number of hydrogen-bond donors (Lipinski definition) is 1. The largest absolute Gasteiger partial charge is 0.433 e. The highest BCUT2D eigenvalue weighted by atomic mass is 79.9. The number of carbonyl (C=O) groups is 1. The second-order valence-electron chi connectivity index (χ2n) is 6.94. The monoisotopic (exact) mass is 488 g/mol. The Morgan fingerprint density at radius 1 is 1.06 bits per heavy atom. The van der Waals surface area contributed by atoms with Gasteiger partial charge in [0.2, 0.25) is 0 Å². The van der Waals surface area contributed by atoms with Gasteiger partial charge in [-0.1, -0.05) is 58.4 Å². The molecule has 4 rings (SSSR count). The summed E-state index contributed by atoms with van der Waals surface area (Å²) in [6, 6.07) is 17.8. The predicted molar refractivity (Wildman–Crippen MR) is 113 cm³/mol. The fourth-order valence-corrected chi connectivity index (χ4v) is 3.42. The minimum absolute atomic E-state index is 0.0646. The number of fused-ring (bicyclic) bond motifs is 1. The van der Waals surface area contributed by atoms with Crippen LogP contribution < -0.4 is 5.32 Å². The zero-order chi connectivity index (χ0) is 22.2. The van der Waals surface area contributed by atoms with Crippen molar-refractivity contribution in [2.45, 2.75) is 19.1 Å². The quantitative estimate of drug-likeness (QED) is 0.402. The summed E-state index contributed by atoms with van der Waals surface area (Å²) < 4.78 is 42.6. The molecule has 0 spiro atoms. The van der Waals surface area contributed by atoms with Crippen molar-refractivity contribution in [3.63, 3.8) is 0 Å². The van der Waals surface area contributed by atoms with E-state index in [1.807, 2.05) is 30.3 Å². The molecular weight excluding hydrogens is 473 g/mol. The van der Waals surface area contributed by atoms with E-state index in [0.29, 0.717) is 10.1 Å². The Kier molecular flexibility index (Phi) is 5.53. The summed E-state index contributed by atoms with van der Waals surface area (Å²) in [5.41, 5.74) is 0.300. The molecule has 0 aliphatic rings. The number of hydrogen-bond acceptors (Lipinski definition) is 3. The number of halogens is 4. The normalized spacial score (nSPS) is 12.7. The standard InChI is InChI=1S/C22H16BrF3N4O/c1-13(14-5-3-2-4-6-14)27-21(31)18-12-20-28-17(15-7-9-16(23)10-8-15)11-19(22(24,25)26)30(20)29-18/h2-13H,1H3,(H,27,31)/t13-/m1/s1. The lowest BCUT2D eigenvalue weighted by Crippen LogP contribution is -2.27. The van der Waals surface area contributed by atoms with Crippen LogP contribution in [0.5, 0.6) is 0 Å². The highest BCUT2D eigenvalue weighted by Crippen LogP contribution is 2.32. The minimum atomic E-state index is -4.68. The molecule has 1 N–H and O–H groups in total. The first kappa shape index (κ1) is 21.0.